The Bertz CT molecular complexity index is 686. The van der Waals surface area contributed by atoms with Gasteiger partial charge in [0, 0.05) is 22.9 Å². The minimum atomic E-state index is -0.622. The van der Waals surface area contributed by atoms with Crippen molar-refractivity contribution < 1.29 is 13.6 Å². The van der Waals surface area contributed by atoms with Crippen LogP contribution in [0.25, 0.3) is 0 Å². The fraction of sp³-hybridized carbons (Fsp3) is 0.231. The molecule has 0 aliphatic carbocycles. The van der Waals surface area contributed by atoms with Crippen LogP contribution >= 0.6 is 11.8 Å². The van der Waals surface area contributed by atoms with Crippen molar-refractivity contribution in [3.05, 3.63) is 46.7 Å². The molecule has 0 spiro atoms. The van der Waals surface area contributed by atoms with Crippen molar-refractivity contribution in [2.75, 3.05) is 11.1 Å². The molecule has 4 nitrogen and oxygen atoms in total. The van der Waals surface area contributed by atoms with Gasteiger partial charge in [-0.3, -0.25) is 9.89 Å². The van der Waals surface area contributed by atoms with Crippen LogP contribution < -0.4 is 5.32 Å². The number of nitrogens with zero attached hydrogens (tertiary/aromatic N) is 1. The van der Waals surface area contributed by atoms with E-state index in [1.54, 1.807) is 6.92 Å². The van der Waals surface area contributed by atoms with E-state index in [0.29, 0.717) is 11.4 Å². The highest BCUT2D eigenvalue weighted by Crippen LogP contribution is 2.42. The number of aryl methyl sites for hydroxylation is 1. The van der Waals surface area contributed by atoms with E-state index in [-0.39, 0.29) is 11.7 Å². The highest BCUT2D eigenvalue weighted by molar-refractivity contribution is 8.00. The summed E-state index contributed by atoms with van der Waals surface area (Å²) in [5, 5.41) is 9.08. The largest absolute Gasteiger partial charge is 0.308 e. The Labute approximate surface area is 118 Å². The Kier molecular flexibility index (Phi) is 3.21. The van der Waals surface area contributed by atoms with Gasteiger partial charge in [0.1, 0.15) is 11.6 Å². The highest BCUT2D eigenvalue weighted by Gasteiger charge is 2.29. The molecule has 0 radical (unpaired) electrons. The highest BCUT2D eigenvalue weighted by atomic mass is 32.2. The van der Waals surface area contributed by atoms with Crippen LogP contribution in [0.15, 0.2) is 18.2 Å². The number of amides is 1. The van der Waals surface area contributed by atoms with Crippen LogP contribution in [0.4, 0.5) is 14.6 Å². The molecule has 0 fully saturated rings. The Balaban J connectivity index is 2.13. The lowest BCUT2D eigenvalue weighted by Gasteiger charge is -2.15. The fourth-order valence-electron chi connectivity index (χ4n) is 2.22. The van der Waals surface area contributed by atoms with Gasteiger partial charge in [-0.05, 0) is 13.0 Å². The quantitative estimate of drug-likeness (QED) is 0.850. The van der Waals surface area contributed by atoms with Crippen LogP contribution in [-0.4, -0.2) is 21.9 Å². The molecular formula is C13H11F2N3OS. The summed E-state index contributed by atoms with van der Waals surface area (Å²) in [6, 6.07) is 3.48. The van der Waals surface area contributed by atoms with E-state index in [2.05, 4.69) is 15.5 Å². The standard InChI is InChI=1S/C13H11F2N3OS/c1-6-11-12(8-3-2-7(14)4-9(8)15)20-5-10(19)16-13(11)18-17-6/h2-4,12H,5H2,1H3,(H2,16,17,18,19). The molecule has 7 heteroatoms. The molecule has 2 aromatic rings. The lowest BCUT2D eigenvalue weighted by Crippen LogP contribution is -2.12. The molecule has 104 valence electrons. The van der Waals surface area contributed by atoms with Crippen molar-refractivity contribution in [2.45, 2.75) is 12.2 Å². The molecule has 2 N–H and O–H groups in total. The van der Waals surface area contributed by atoms with Crippen LogP contribution in [-0.2, 0) is 4.79 Å². The molecule has 0 saturated heterocycles. The number of carbonyl (C=O) groups is 1. The SMILES string of the molecule is Cc1[nH]nc2c1C(c1ccc(F)cc1F)SCC(=O)N2. The van der Waals surface area contributed by atoms with Crippen LogP contribution in [0, 0.1) is 18.6 Å². The van der Waals surface area contributed by atoms with Gasteiger partial charge in [0.15, 0.2) is 5.82 Å². The average molecular weight is 295 g/mol. The maximum absolute atomic E-state index is 14.0. The Hall–Kier alpha value is -1.89. The average Bonchev–Trinajstić information content (AvgIpc) is 2.65. The summed E-state index contributed by atoms with van der Waals surface area (Å²) in [6.45, 7) is 1.80. The number of fused-ring (bicyclic) bond motifs is 1. The van der Waals surface area contributed by atoms with E-state index in [1.165, 1.54) is 23.9 Å². The first-order valence-electron chi connectivity index (χ1n) is 5.97. The number of halogens is 2. The van der Waals surface area contributed by atoms with E-state index < -0.39 is 16.9 Å². The second-order valence-electron chi connectivity index (χ2n) is 4.52. The minimum absolute atomic E-state index is 0.187. The first-order chi connectivity index (χ1) is 9.56. The summed E-state index contributed by atoms with van der Waals surface area (Å²) in [4.78, 5) is 11.6. The molecule has 1 amide bonds. The lowest BCUT2D eigenvalue weighted by molar-refractivity contribution is -0.113. The normalized spacial score (nSPS) is 18.4. The zero-order valence-corrected chi connectivity index (χ0v) is 11.4. The number of benzene rings is 1. The maximum atomic E-state index is 14.0. The number of rotatable bonds is 1. The van der Waals surface area contributed by atoms with Gasteiger partial charge in [0.2, 0.25) is 5.91 Å². The van der Waals surface area contributed by atoms with E-state index in [9.17, 15) is 13.6 Å². The minimum Gasteiger partial charge on any atom is -0.308 e. The van der Waals surface area contributed by atoms with Gasteiger partial charge in [0.05, 0.1) is 11.0 Å². The van der Waals surface area contributed by atoms with E-state index in [4.69, 9.17) is 0 Å². The summed E-state index contributed by atoms with van der Waals surface area (Å²) in [5.74, 6) is -0.831. The van der Waals surface area contributed by atoms with Crippen molar-refractivity contribution in [1.29, 1.82) is 0 Å². The third kappa shape index (κ3) is 2.18. The molecule has 0 bridgehead atoms. The lowest BCUT2D eigenvalue weighted by atomic mass is 10.0. The summed E-state index contributed by atoms with van der Waals surface area (Å²) in [6.07, 6.45) is 0. The van der Waals surface area contributed by atoms with Gasteiger partial charge in [0.25, 0.3) is 0 Å². The third-order valence-electron chi connectivity index (χ3n) is 3.14. The number of aromatic amines is 1. The van der Waals surface area contributed by atoms with Crippen LogP contribution in [0.1, 0.15) is 22.1 Å². The van der Waals surface area contributed by atoms with Crippen LogP contribution in [0.5, 0.6) is 0 Å². The number of anilines is 1. The maximum Gasteiger partial charge on any atom is 0.235 e. The molecule has 1 aliphatic rings. The van der Waals surface area contributed by atoms with Gasteiger partial charge in [-0.2, -0.15) is 5.10 Å². The van der Waals surface area contributed by atoms with Crippen molar-refractivity contribution in [1.82, 2.24) is 10.2 Å². The number of thioether (sulfide) groups is 1. The number of hydrogen-bond donors (Lipinski definition) is 2. The molecule has 1 aliphatic heterocycles. The third-order valence-corrected chi connectivity index (χ3v) is 4.39. The second kappa shape index (κ2) is 4.90. The Morgan fingerprint density at radius 1 is 1.40 bits per heavy atom. The first kappa shape index (κ1) is 13.1. The van der Waals surface area contributed by atoms with Gasteiger partial charge < -0.3 is 5.32 Å². The summed E-state index contributed by atoms with van der Waals surface area (Å²) in [5.41, 5.74) is 1.83. The first-order valence-corrected chi connectivity index (χ1v) is 7.02. The molecule has 2 heterocycles. The van der Waals surface area contributed by atoms with Crippen LogP contribution in [0.2, 0.25) is 0 Å². The van der Waals surface area contributed by atoms with Crippen molar-refractivity contribution in [3.8, 4) is 0 Å². The molecule has 0 saturated carbocycles. The van der Waals surface area contributed by atoms with E-state index in [1.807, 2.05) is 0 Å². The number of carbonyl (C=O) groups excluding carboxylic acids is 1. The summed E-state index contributed by atoms with van der Waals surface area (Å²) >= 11 is 1.29. The van der Waals surface area contributed by atoms with E-state index in [0.717, 1.165) is 17.3 Å². The molecule has 1 unspecified atom stereocenters. The number of hydrogen-bond acceptors (Lipinski definition) is 3. The molecule has 1 atom stereocenters. The predicted molar refractivity (Wildman–Crippen MR) is 72.6 cm³/mol. The zero-order valence-electron chi connectivity index (χ0n) is 10.5. The Morgan fingerprint density at radius 3 is 2.95 bits per heavy atom. The molecular weight excluding hydrogens is 284 g/mol. The van der Waals surface area contributed by atoms with Gasteiger partial charge in [-0.25, -0.2) is 8.78 Å². The van der Waals surface area contributed by atoms with E-state index >= 15 is 0 Å². The molecule has 20 heavy (non-hydrogen) atoms. The zero-order chi connectivity index (χ0) is 14.3. The molecule has 3 rings (SSSR count). The summed E-state index contributed by atoms with van der Waals surface area (Å²) in [7, 11) is 0. The number of nitrogens with one attached hydrogen (secondary N) is 2. The predicted octanol–water partition coefficient (Wildman–Crippen LogP) is 2.77. The van der Waals surface area contributed by atoms with Crippen molar-refractivity contribution in [2.24, 2.45) is 0 Å². The van der Waals surface area contributed by atoms with Crippen molar-refractivity contribution >= 4 is 23.5 Å². The van der Waals surface area contributed by atoms with Gasteiger partial charge in [-0.15, -0.1) is 11.8 Å². The fourth-order valence-corrected chi connectivity index (χ4v) is 3.44. The summed E-state index contributed by atoms with van der Waals surface area (Å²) < 4.78 is 27.0. The van der Waals surface area contributed by atoms with Gasteiger partial charge in [-0.1, -0.05) is 6.07 Å². The van der Waals surface area contributed by atoms with Crippen molar-refractivity contribution in [3.63, 3.8) is 0 Å². The second-order valence-corrected chi connectivity index (χ2v) is 5.61. The monoisotopic (exact) mass is 295 g/mol. The topological polar surface area (TPSA) is 57.8 Å². The number of H-pyrrole nitrogens is 1. The molecule has 1 aromatic carbocycles. The Morgan fingerprint density at radius 2 is 2.20 bits per heavy atom. The van der Waals surface area contributed by atoms with Gasteiger partial charge >= 0.3 is 0 Å². The number of aromatic nitrogens is 2. The smallest absolute Gasteiger partial charge is 0.235 e. The molecule has 1 aromatic heterocycles. The van der Waals surface area contributed by atoms with Crippen LogP contribution in [0.3, 0.4) is 0 Å².